The predicted molar refractivity (Wildman–Crippen MR) is 114 cm³/mol. The number of morpholine rings is 1. The topological polar surface area (TPSA) is 98.0 Å². The van der Waals surface area contributed by atoms with Gasteiger partial charge in [0, 0.05) is 11.6 Å². The molecule has 0 radical (unpaired) electrons. The van der Waals surface area contributed by atoms with Crippen molar-refractivity contribution in [1.82, 2.24) is 9.88 Å². The van der Waals surface area contributed by atoms with Crippen molar-refractivity contribution in [3.63, 3.8) is 0 Å². The number of carbonyl (C=O) groups excluding carboxylic acids is 2. The molecule has 0 saturated carbocycles. The van der Waals surface area contributed by atoms with E-state index in [-0.39, 0.29) is 6.09 Å². The molecule has 0 aliphatic carbocycles. The minimum atomic E-state index is -0.656. The second-order valence-electron chi connectivity index (χ2n) is 7.88. The Morgan fingerprint density at radius 3 is 2.63 bits per heavy atom. The van der Waals surface area contributed by atoms with E-state index in [0.717, 1.165) is 0 Å². The maximum atomic E-state index is 12.4. The van der Waals surface area contributed by atoms with E-state index >= 15 is 0 Å². The largest absolute Gasteiger partial charge is 0.444 e. The van der Waals surface area contributed by atoms with Crippen molar-refractivity contribution < 1.29 is 19.1 Å². The van der Waals surface area contributed by atoms with E-state index in [0.29, 0.717) is 41.8 Å². The Morgan fingerprint density at radius 1 is 1.27 bits per heavy atom. The van der Waals surface area contributed by atoms with Crippen LogP contribution in [0, 0.1) is 0 Å². The standard InChI is InChI=1S/C21H25ClN4O4/c1-21(2,3)30-20(28)25-9-10-29-18(13-25)17-8-7-16(12-24-17)26(19(23)27)15-6-4-5-14(22)11-15/h4-8,11-12,18H,9-10,13H2,1-3H3,(H2,23,27). The molecule has 1 aromatic heterocycles. The van der Waals surface area contributed by atoms with E-state index in [9.17, 15) is 9.59 Å². The van der Waals surface area contributed by atoms with Crippen molar-refractivity contribution in [2.75, 3.05) is 24.6 Å². The van der Waals surface area contributed by atoms with Crippen molar-refractivity contribution in [3.8, 4) is 0 Å². The molecule has 2 heterocycles. The molecule has 1 aliphatic rings. The van der Waals surface area contributed by atoms with Crippen molar-refractivity contribution >= 4 is 35.1 Å². The number of nitrogens with two attached hydrogens (primary N) is 1. The Balaban J connectivity index is 1.76. The summed E-state index contributed by atoms with van der Waals surface area (Å²) in [5, 5.41) is 0.487. The third-order valence-corrected chi connectivity index (χ3v) is 4.60. The smallest absolute Gasteiger partial charge is 0.410 e. The maximum Gasteiger partial charge on any atom is 0.410 e. The number of rotatable bonds is 3. The molecule has 3 amide bonds. The van der Waals surface area contributed by atoms with Gasteiger partial charge in [0.2, 0.25) is 0 Å². The number of amides is 3. The van der Waals surface area contributed by atoms with Crippen molar-refractivity contribution in [3.05, 3.63) is 53.3 Å². The molecule has 1 fully saturated rings. The predicted octanol–water partition coefficient (Wildman–Crippen LogP) is 4.26. The Labute approximate surface area is 180 Å². The number of carbonyl (C=O) groups is 2. The number of hydrogen-bond donors (Lipinski definition) is 1. The number of anilines is 2. The van der Waals surface area contributed by atoms with Crippen molar-refractivity contribution in [1.29, 1.82) is 0 Å². The van der Waals surface area contributed by atoms with Crippen LogP contribution in [0.15, 0.2) is 42.6 Å². The highest BCUT2D eigenvalue weighted by Gasteiger charge is 2.29. The molecule has 1 aromatic carbocycles. The summed E-state index contributed by atoms with van der Waals surface area (Å²) in [5.74, 6) is 0. The lowest BCUT2D eigenvalue weighted by Gasteiger charge is -2.34. The summed E-state index contributed by atoms with van der Waals surface area (Å²) in [6, 6.07) is 9.63. The van der Waals surface area contributed by atoms with Gasteiger partial charge in [-0.05, 0) is 51.1 Å². The van der Waals surface area contributed by atoms with Crippen molar-refractivity contribution in [2.45, 2.75) is 32.5 Å². The molecular formula is C21H25ClN4O4. The molecule has 2 N–H and O–H groups in total. The highest BCUT2D eigenvalue weighted by Crippen LogP contribution is 2.29. The first-order valence-corrected chi connectivity index (χ1v) is 9.92. The quantitative estimate of drug-likeness (QED) is 0.781. The lowest BCUT2D eigenvalue weighted by atomic mass is 10.1. The van der Waals surface area contributed by atoms with Crippen LogP contribution in [0.1, 0.15) is 32.6 Å². The van der Waals surface area contributed by atoms with E-state index in [1.807, 2.05) is 20.8 Å². The molecule has 30 heavy (non-hydrogen) atoms. The van der Waals surface area contributed by atoms with E-state index in [4.69, 9.17) is 26.8 Å². The zero-order chi connectivity index (χ0) is 21.9. The molecule has 3 rings (SSSR count). The number of nitrogens with zero attached hydrogens (tertiary/aromatic N) is 3. The van der Waals surface area contributed by atoms with Crippen LogP contribution in [-0.2, 0) is 9.47 Å². The zero-order valence-corrected chi connectivity index (χ0v) is 17.9. The number of pyridine rings is 1. The second-order valence-corrected chi connectivity index (χ2v) is 8.32. The SMILES string of the molecule is CC(C)(C)OC(=O)N1CCOC(c2ccc(N(C(N)=O)c3cccc(Cl)c3)cn2)C1. The Morgan fingerprint density at radius 2 is 2.03 bits per heavy atom. The molecule has 8 nitrogen and oxygen atoms in total. The zero-order valence-electron chi connectivity index (χ0n) is 17.2. The number of benzene rings is 1. The van der Waals surface area contributed by atoms with Crippen LogP contribution in [0.2, 0.25) is 5.02 Å². The molecule has 2 aromatic rings. The summed E-state index contributed by atoms with van der Waals surface area (Å²) in [7, 11) is 0. The molecule has 0 bridgehead atoms. The van der Waals surface area contributed by atoms with Gasteiger partial charge in [0.25, 0.3) is 0 Å². The molecule has 1 unspecified atom stereocenters. The molecule has 0 spiro atoms. The average molecular weight is 433 g/mol. The van der Waals surface area contributed by atoms with Crippen LogP contribution < -0.4 is 10.6 Å². The molecular weight excluding hydrogens is 408 g/mol. The van der Waals surface area contributed by atoms with Gasteiger partial charge in [-0.1, -0.05) is 17.7 Å². The fourth-order valence-electron chi connectivity index (χ4n) is 3.06. The number of ether oxygens (including phenoxy) is 2. The highest BCUT2D eigenvalue weighted by molar-refractivity contribution is 6.31. The maximum absolute atomic E-state index is 12.4. The van der Waals surface area contributed by atoms with Crippen LogP contribution in [0.3, 0.4) is 0 Å². The monoisotopic (exact) mass is 432 g/mol. The van der Waals surface area contributed by atoms with Crippen molar-refractivity contribution in [2.24, 2.45) is 5.73 Å². The van der Waals surface area contributed by atoms with Gasteiger partial charge in [-0.3, -0.25) is 9.88 Å². The van der Waals surface area contributed by atoms with Gasteiger partial charge in [0.05, 0.1) is 36.4 Å². The summed E-state index contributed by atoms with van der Waals surface area (Å²) in [5.41, 5.74) is 6.67. The number of primary amides is 1. The van der Waals surface area contributed by atoms with Crippen LogP contribution in [-0.4, -0.2) is 47.3 Å². The van der Waals surface area contributed by atoms with Gasteiger partial charge in [0.1, 0.15) is 11.7 Å². The van der Waals surface area contributed by atoms with Crippen LogP contribution in [0.5, 0.6) is 0 Å². The fraction of sp³-hybridized carbons (Fsp3) is 0.381. The van der Waals surface area contributed by atoms with Crippen LogP contribution >= 0.6 is 11.6 Å². The Hall–Kier alpha value is -2.84. The van der Waals surface area contributed by atoms with E-state index in [1.165, 1.54) is 11.1 Å². The van der Waals surface area contributed by atoms with Crippen LogP contribution in [0.25, 0.3) is 0 Å². The first kappa shape index (κ1) is 21.9. The minimum Gasteiger partial charge on any atom is -0.444 e. The van der Waals surface area contributed by atoms with Gasteiger partial charge >= 0.3 is 12.1 Å². The van der Waals surface area contributed by atoms with Gasteiger partial charge in [-0.15, -0.1) is 0 Å². The van der Waals surface area contributed by atoms with Gasteiger partial charge < -0.3 is 20.1 Å². The fourth-order valence-corrected chi connectivity index (χ4v) is 3.24. The first-order valence-electron chi connectivity index (χ1n) is 9.54. The van der Waals surface area contributed by atoms with E-state index in [1.54, 1.807) is 41.3 Å². The first-order chi connectivity index (χ1) is 14.1. The van der Waals surface area contributed by atoms with Crippen LogP contribution in [0.4, 0.5) is 21.0 Å². The number of urea groups is 1. The summed E-state index contributed by atoms with van der Waals surface area (Å²) >= 11 is 6.03. The third-order valence-electron chi connectivity index (χ3n) is 4.36. The van der Waals surface area contributed by atoms with Gasteiger partial charge in [-0.25, -0.2) is 9.59 Å². The number of aromatic nitrogens is 1. The van der Waals surface area contributed by atoms with Gasteiger partial charge in [0.15, 0.2) is 0 Å². The normalized spacial score (nSPS) is 16.8. The van der Waals surface area contributed by atoms with E-state index < -0.39 is 17.7 Å². The Bertz CT molecular complexity index is 914. The summed E-state index contributed by atoms with van der Waals surface area (Å²) in [4.78, 5) is 31.7. The number of hydrogen-bond acceptors (Lipinski definition) is 5. The molecule has 160 valence electrons. The summed E-state index contributed by atoms with van der Waals surface area (Å²) in [6.45, 7) is 6.64. The molecule has 9 heteroatoms. The van der Waals surface area contributed by atoms with Gasteiger partial charge in [-0.2, -0.15) is 0 Å². The lowest BCUT2D eigenvalue weighted by molar-refractivity contribution is -0.0447. The molecule has 1 atom stereocenters. The minimum absolute atomic E-state index is 0.328. The highest BCUT2D eigenvalue weighted by atomic mass is 35.5. The second kappa shape index (κ2) is 8.89. The molecule has 1 aliphatic heterocycles. The lowest BCUT2D eigenvalue weighted by Crippen LogP contribution is -2.44. The summed E-state index contributed by atoms with van der Waals surface area (Å²) < 4.78 is 11.2. The third kappa shape index (κ3) is 5.40. The Kier molecular flexibility index (Phi) is 6.48. The average Bonchev–Trinajstić information content (AvgIpc) is 2.67. The number of halogens is 1. The molecule has 1 saturated heterocycles. The van der Waals surface area contributed by atoms with E-state index in [2.05, 4.69) is 4.98 Å². The summed E-state index contributed by atoms with van der Waals surface area (Å²) in [6.07, 6.45) is 0.762.